The Morgan fingerprint density at radius 1 is 1.21 bits per heavy atom. The van der Waals surface area contributed by atoms with Crippen molar-refractivity contribution in [2.45, 2.75) is 44.0 Å². The van der Waals surface area contributed by atoms with Crippen LogP contribution in [0.4, 0.5) is 26.3 Å². The fourth-order valence-electron chi connectivity index (χ4n) is 1.78. The molecule has 1 rings (SSSR count). The second-order valence-corrected chi connectivity index (χ2v) is 6.12. The predicted octanol–water partition coefficient (Wildman–Crippen LogP) is 2.76. The molecule has 0 fully saturated rings. The lowest BCUT2D eigenvalue weighted by atomic mass is 9.96. The lowest BCUT2D eigenvalue weighted by Crippen LogP contribution is -2.45. The highest BCUT2D eigenvalue weighted by Crippen LogP contribution is 2.48. The first-order valence-electron chi connectivity index (χ1n) is 6.37. The number of esters is 1. The summed E-state index contributed by atoms with van der Waals surface area (Å²) in [5, 5.41) is 0. The highest BCUT2D eigenvalue weighted by molar-refractivity contribution is 7.87. The normalized spacial score (nSPS) is 22.3. The number of hydrogen-bond donors (Lipinski definition) is 0. The molecule has 0 aromatic heterocycles. The van der Waals surface area contributed by atoms with Crippen molar-refractivity contribution in [2.24, 2.45) is 0 Å². The van der Waals surface area contributed by atoms with Crippen LogP contribution in [0.25, 0.3) is 0 Å². The lowest BCUT2D eigenvalue weighted by Gasteiger charge is -2.30. The standard InChI is InChI=1S/C11H12F6O6S/c1-3-9(10(12,13)14)5-6(7(22-9)8(18)21-4-2)23-24(19,20)11(15,16)17/h3-5H2,1-2H3. The predicted molar refractivity (Wildman–Crippen MR) is 64.5 cm³/mol. The monoisotopic (exact) mass is 386 g/mol. The molecule has 0 bridgehead atoms. The van der Waals surface area contributed by atoms with Gasteiger partial charge in [0.2, 0.25) is 11.4 Å². The van der Waals surface area contributed by atoms with E-state index in [1.807, 2.05) is 0 Å². The minimum absolute atomic E-state index is 0.337. The summed E-state index contributed by atoms with van der Waals surface area (Å²) in [7, 11) is -6.28. The Labute approximate surface area is 132 Å². The van der Waals surface area contributed by atoms with Crippen LogP contribution >= 0.6 is 0 Å². The van der Waals surface area contributed by atoms with Crippen molar-refractivity contribution >= 4 is 16.1 Å². The molecule has 1 unspecified atom stereocenters. The fraction of sp³-hybridized carbons (Fsp3) is 0.727. The number of hydrogen-bond acceptors (Lipinski definition) is 6. The third-order valence-electron chi connectivity index (χ3n) is 3.04. The molecule has 0 spiro atoms. The quantitative estimate of drug-likeness (QED) is 0.313. The van der Waals surface area contributed by atoms with Crippen LogP contribution in [0.5, 0.6) is 0 Å². The van der Waals surface area contributed by atoms with Crippen LogP contribution in [-0.4, -0.2) is 38.3 Å². The summed E-state index contributed by atoms with van der Waals surface area (Å²) in [5.74, 6) is -4.33. The molecule has 0 aromatic rings. The highest BCUT2D eigenvalue weighted by atomic mass is 32.2. The van der Waals surface area contributed by atoms with Gasteiger partial charge < -0.3 is 13.7 Å². The van der Waals surface area contributed by atoms with Gasteiger partial charge in [0, 0.05) is 0 Å². The van der Waals surface area contributed by atoms with E-state index in [1.54, 1.807) is 0 Å². The smallest absolute Gasteiger partial charge is 0.467 e. The van der Waals surface area contributed by atoms with Crippen molar-refractivity contribution < 1.29 is 53.2 Å². The minimum Gasteiger partial charge on any atom is -0.467 e. The molecule has 13 heteroatoms. The number of carbonyl (C=O) groups is 1. The number of rotatable bonds is 5. The van der Waals surface area contributed by atoms with Crippen molar-refractivity contribution in [2.75, 3.05) is 6.61 Å². The second kappa shape index (κ2) is 6.33. The van der Waals surface area contributed by atoms with E-state index >= 15 is 0 Å². The number of alkyl halides is 6. The molecular formula is C11H12F6O6S. The summed E-state index contributed by atoms with van der Waals surface area (Å²) in [6.45, 7) is 1.94. The SMILES string of the molecule is CCOC(=O)C1=C(OS(=O)(=O)C(F)(F)F)CC(CC)(C(F)(F)F)O1. The third kappa shape index (κ3) is 3.70. The van der Waals surface area contributed by atoms with Crippen LogP contribution < -0.4 is 0 Å². The second-order valence-electron chi connectivity index (χ2n) is 4.58. The summed E-state index contributed by atoms with van der Waals surface area (Å²) in [5.41, 5.74) is -8.99. The fourth-order valence-corrected chi connectivity index (χ4v) is 2.28. The minimum atomic E-state index is -6.28. The molecule has 1 atom stereocenters. The molecule has 0 saturated carbocycles. The van der Waals surface area contributed by atoms with E-state index in [4.69, 9.17) is 0 Å². The summed E-state index contributed by atoms with van der Waals surface area (Å²) in [6.07, 6.45) is -7.33. The Morgan fingerprint density at radius 2 is 1.75 bits per heavy atom. The number of halogens is 6. The van der Waals surface area contributed by atoms with Crippen LogP contribution in [0.2, 0.25) is 0 Å². The maximum Gasteiger partial charge on any atom is 0.534 e. The number of carbonyl (C=O) groups excluding carboxylic acids is 1. The molecule has 0 saturated heterocycles. The first kappa shape index (κ1) is 20.4. The molecule has 1 aliphatic heterocycles. The molecule has 6 nitrogen and oxygen atoms in total. The van der Waals surface area contributed by atoms with Gasteiger partial charge in [0.15, 0.2) is 5.76 Å². The molecule has 24 heavy (non-hydrogen) atoms. The van der Waals surface area contributed by atoms with E-state index < -0.39 is 57.7 Å². The van der Waals surface area contributed by atoms with Gasteiger partial charge in [-0.3, -0.25) is 0 Å². The maximum atomic E-state index is 13.1. The molecule has 0 N–H and O–H groups in total. The molecule has 0 amide bonds. The molecule has 0 aromatic carbocycles. The zero-order chi connectivity index (χ0) is 19.0. The molecule has 0 aliphatic carbocycles. The van der Waals surface area contributed by atoms with Crippen LogP contribution in [-0.2, 0) is 28.6 Å². The Bertz CT molecular complexity index is 634. The van der Waals surface area contributed by atoms with Crippen molar-refractivity contribution in [1.82, 2.24) is 0 Å². The zero-order valence-corrected chi connectivity index (χ0v) is 13.1. The Morgan fingerprint density at radius 3 is 2.12 bits per heavy atom. The zero-order valence-electron chi connectivity index (χ0n) is 12.2. The van der Waals surface area contributed by atoms with Crippen molar-refractivity contribution in [3.8, 4) is 0 Å². The highest BCUT2D eigenvalue weighted by Gasteiger charge is 2.62. The van der Waals surface area contributed by atoms with Crippen LogP contribution in [0, 0.1) is 0 Å². The first-order chi connectivity index (χ1) is 10.7. The molecule has 1 aliphatic rings. The van der Waals surface area contributed by atoms with Crippen LogP contribution in [0.3, 0.4) is 0 Å². The largest absolute Gasteiger partial charge is 0.534 e. The molecular weight excluding hydrogens is 374 g/mol. The van der Waals surface area contributed by atoms with Crippen molar-refractivity contribution in [3.63, 3.8) is 0 Å². The Kier molecular flexibility index (Phi) is 5.38. The molecule has 0 radical (unpaired) electrons. The third-order valence-corrected chi connectivity index (χ3v) is 4.03. The summed E-state index contributed by atoms with van der Waals surface area (Å²) in [4.78, 5) is 11.6. The van der Waals surface area contributed by atoms with Crippen LogP contribution in [0.15, 0.2) is 11.5 Å². The van der Waals surface area contributed by atoms with Gasteiger partial charge in [-0.25, -0.2) is 4.79 Å². The lowest BCUT2D eigenvalue weighted by molar-refractivity contribution is -0.260. The van der Waals surface area contributed by atoms with Crippen molar-refractivity contribution in [3.05, 3.63) is 11.5 Å². The van der Waals surface area contributed by atoms with Gasteiger partial charge in [0.05, 0.1) is 13.0 Å². The molecule has 140 valence electrons. The van der Waals surface area contributed by atoms with Crippen molar-refractivity contribution in [1.29, 1.82) is 0 Å². The first-order valence-corrected chi connectivity index (χ1v) is 7.78. The maximum absolute atomic E-state index is 13.1. The van der Waals surface area contributed by atoms with E-state index in [-0.39, 0.29) is 6.61 Å². The molecule has 1 heterocycles. The average molecular weight is 386 g/mol. The van der Waals surface area contributed by atoms with Gasteiger partial charge in [-0.05, 0) is 13.3 Å². The van der Waals surface area contributed by atoms with Gasteiger partial charge >= 0.3 is 27.8 Å². The van der Waals surface area contributed by atoms with Gasteiger partial charge in [-0.1, -0.05) is 6.92 Å². The Hall–Kier alpha value is -1.66. The number of ether oxygens (including phenoxy) is 2. The topological polar surface area (TPSA) is 78.9 Å². The van der Waals surface area contributed by atoms with E-state index in [9.17, 15) is 39.6 Å². The summed E-state index contributed by atoms with van der Waals surface area (Å²) in [6, 6.07) is 0. The van der Waals surface area contributed by atoms with Gasteiger partial charge in [-0.15, -0.1) is 0 Å². The van der Waals surface area contributed by atoms with E-state index in [0.29, 0.717) is 0 Å². The van der Waals surface area contributed by atoms with E-state index in [1.165, 1.54) is 6.92 Å². The Balaban J connectivity index is 3.33. The van der Waals surface area contributed by atoms with Gasteiger partial charge in [-0.2, -0.15) is 34.8 Å². The van der Waals surface area contributed by atoms with Gasteiger partial charge in [0.1, 0.15) is 0 Å². The van der Waals surface area contributed by atoms with E-state index in [2.05, 4.69) is 13.7 Å². The van der Waals surface area contributed by atoms with Crippen LogP contribution in [0.1, 0.15) is 26.7 Å². The average Bonchev–Trinajstić information content (AvgIpc) is 2.76. The summed E-state index contributed by atoms with van der Waals surface area (Å²) < 4.78 is 111. The van der Waals surface area contributed by atoms with Gasteiger partial charge in [0.25, 0.3) is 0 Å². The summed E-state index contributed by atoms with van der Waals surface area (Å²) >= 11 is 0. The van der Waals surface area contributed by atoms with E-state index in [0.717, 1.165) is 6.92 Å².